The number of urea groups is 1. The number of anilines is 1. The van der Waals surface area contributed by atoms with Crippen molar-refractivity contribution in [3.05, 3.63) is 54.2 Å². The Morgan fingerprint density at radius 1 is 1.22 bits per heavy atom. The van der Waals surface area contributed by atoms with E-state index in [1.807, 2.05) is 0 Å². The van der Waals surface area contributed by atoms with Gasteiger partial charge in [0.05, 0.1) is 18.5 Å². The van der Waals surface area contributed by atoms with Gasteiger partial charge in [-0.05, 0) is 24.3 Å². The highest BCUT2D eigenvalue weighted by molar-refractivity contribution is 5.96. The quantitative estimate of drug-likeness (QED) is 0.917. The van der Waals surface area contributed by atoms with Crippen molar-refractivity contribution in [3.8, 4) is 0 Å². The number of hydrogen-bond acceptors (Lipinski definition) is 3. The van der Waals surface area contributed by atoms with Crippen LogP contribution in [0, 0.1) is 5.82 Å². The van der Waals surface area contributed by atoms with Gasteiger partial charge in [-0.15, -0.1) is 0 Å². The Hall–Kier alpha value is -2.83. The Balaban J connectivity index is 1.57. The van der Waals surface area contributed by atoms with Gasteiger partial charge in [-0.2, -0.15) is 0 Å². The molecule has 0 saturated carbocycles. The van der Waals surface area contributed by atoms with E-state index in [4.69, 9.17) is 4.42 Å². The number of carbonyl (C=O) groups is 2. The van der Waals surface area contributed by atoms with E-state index in [1.54, 1.807) is 30.3 Å². The number of carbonyl (C=O) groups excluding carboxylic acids is 2. The molecule has 23 heavy (non-hydrogen) atoms. The largest absolute Gasteiger partial charge is 0.467 e. The van der Waals surface area contributed by atoms with Gasteiger partial charge in [-0.1, -0.05) is 12.1 Å². The van der Waals surface area contributed by atoms with Gasteiger partial charge in [0, 0.05) is 13.1 Å². The summed E-state index contributed by atoms with van der Waals surface area (Å²) in [5, 5.41) is 2.68. The number of rotatable bonds is 5. The normalized spacial score (nSPS) is 14.4. The van der Waals surface area contributed by atoms with Crippen LogP contribution in [0.25, 0.3) is 0 Å². The molecule has 1 fully saturated rings. The molecule has 1 aliphatic rings. The number of benzene rings is 1. The summed E-state index contributed by atoms with van der Waals surface area (Å²) >= 11 is 0. The van der Waals surface area contributed by atoms with Crippen molar-refractivity contribution in [2.45, 2.75) is 6.54 Å². The maximum atomic E-state index is 13.8. The molecule has 3 rings (SSSR count). The molecule has 0 spiro atoms. The molecule has 1 N–H and O–H groups in total. The first-order valence-electron chi connectivity index (χ1n) is 7.25. The summed E-state index contributed by atoms with van der Waals surface area (Å²) < 4.78 is 18.9. The molecule has 2 heterocycles. The molecule has 0 unspecified atom stereocenters. The zero-order valence-electron chi connectivity index (χ0n) is 12.4. The van der Waals surface area contributed by atoms with E-state index >= 15 is 0 Å². The fourth-order valence-electron chi connectivity index (χ4n) is 2.45. The number of halogens is 1. The fraction of sp³-hybridized carbons (Fsp3) is 0.250. The van der Waals surface area contributed by atoms with Crippen molar-refractivity contribution < 1.29 is 18.4 Å². The molecule has 0 bridgehead atoms. The summed E-state index contributed by atoms with van der Waals surface area (Å²) in [5.41, 5.74) is 0.232. The van der Waals surface area contributed by atoms with Crippen molar-refractivity contribution in [1.82, 2.24) is 10.2 Å². The maximum absolute atomic E-state index is 13.8. The van der Waals surface area contributed by atoms with E-state index in [0.29, 0.717) is 18.8 Å². The van der Waals surface area contributed by atoms with Crippen molar-refractivity contribution >= 4 is 17.6 Å². The third-order valence-electron chi connectivity index (χ3n) is 3.61. The van der Waals surface area contributed by atoms with Crippen LogP contribution in [0.5, 0.6) is 0 Å². The number of para-hydroxylation sites is 1. The minimum atomic E-state index is -0.454. The minimum Gasteiger partial charge on any atom is -0.467 e. The van der Waals surface area contributed by atoms with Gasteiger partial charge < -0.3 is 14.6 Å². The fourth-order valence-corrected chi connectivity index (χ4v) is 2.45. The average molecular weight is 317 g/mol. The second-order valence-corrected chi connectivity index (χ2v) is 5.16. The molecular weight excluding hydrogens is 301 g/mol. The summed E-state index contributed by atoms with van der Waals surface area (Å²) in [6.45, 7) is 0.932. The van der Waals surface area contributed by atoms with E-state index in [2.05, 4.69) is 5.32 Å². The van der Waals surface area contributed by atoms with Crippen molar-refractivity contribution in [3.63, 3.8) is 0 Å². The molecule has 0 aliphatic carbocycles. The molecule has 1 saturated heterocycles. The lowest BCUT2D eigenvalue weighted by Gasteiger charge is -2.18. The predicted octanol–water partition coefficient (Wildman–Crippen LogP) is 1.98. The van der Waals surface area contributed by atoms with Gasteiger partial charge in [-0.25, -0.2) is 9.18 Å². The highest BCUT2D eigenvalue weighted by atomic mass is 19.1. The first-order valence-corrected chi connectivity index (χ1v) is 7.25. The van der Waals surface area contributed by atoms with E-state index in [0.717, 1.165) is 0 Å². The van der Waals surface area contributed by atoms with Crippen LogP contribution in [0.2, 0.25) is 0 Å². The van der Waals surface area contributed by atoms with E-state index in [9.17, 15) is 14.0 Å². The molecular formula is C16H16FN3O3. The highest BCUT2D eigenvalue weighted by Gasteiger charge is 2.32. The third-order valence-corrected chi connectivity index (χ3v) is 3.61. The molecule has 1 aliphatic heterocycles. The molecule has 0 atom stereocenters. The average Bonchev–Trinajstić information content (AvgIpc) is 3.17. The molecule has 120 valence electrons. The van der Waals surface area contributed by atoms with Gasteiger partial charge in [0.15, 0.2) is 0 Å². The summed E-state index contributed by atoms with van der Waals surface area (Å²) in [6, 6.07) is 9.21. The first-order chi connectivity index (χ1) is 11.1. The second-order valence-electron chi connectivity index (χ2n) is 5.16. The predicted molar refractivity (Wildman–Crippen MR) is 81.3 cm³/mol. The Kier molecular flexibility index (Phi) is 4.27. The van der Waals surface area contributed by atoms with Crippen LogP contribution in [0.15, 0.2) is 47.1 Å². The zero-order chi connectivity index (χ0) is 16.2. The van der Waals surface area contributed by atoms with Crippen LogP contribution < -0.4 is 10.2 Å². The lowest BCUT2D eigenvalue weighted by Crippen LogP contribution is -2.39. The van der Waals surface area contributed by atoms with Crippen molar-refractivity contribution in [1.29, 1.82) is 0 Å². The SMILES string of the molecule is O=C(CN1CCN(c2ccccc2F)C1=O)NCc1ccco1. The summed E-state index contributed by atoms with van der Waals surface area (Å²) in [4.78, 5) is 27.0. The van der Waals surface area contributed by atoms with Crippen LogP contribution in [-0.4, -0.2) is 36.5 Å². The lowest BCUT2D eigenvalue weighted by molar-refractivity contribution is -0.121. The first kappa shape index (κ1) is 15.1. The lowest BCUT2D eigenvalue weighted by atomic mass is 10.3. The summed E-state index contributed by atoms with van der Waals surface area (Å²) in [5.74, 6) is -0.103. The minimum absolute atomic E-state index is 0.0650. The standard InChI is InChI=1S/C16H16FN3O3/c17-13-5-1-2-6-14(13)20-8-7-19(16(20)22)11-15(21)18-10-12-4-3-9-23-12/h1-6,9H,7-8,10-11H2,(H,18,21). The van der Waals surface area contributed by atoms with Crippen molar-refractivity contribution in [2.24, 2.45) is 0 Å². The van der Waals surface area contributed by atoms with Gasteiger partial charge in [0.1, 0.15) is 18.1 Å². The number of nitrogens with zero attached hydrogens (tertiary/aromatic N) is 2. The van der Waals surface area contributed by atoms with E-state index in [-0.39, 0.29) is 30.7 Å². The Bertz CT molecular complexity index is 702. The molecule has 6 nitrogen and oxygen atoms in total. The summed E-state index contributed by atoms with van der Waals surface area (Å²) in [6.07, 6.45) is 1.53. The van der Waals surface area contributed by atoms with Crippen LogP contribution in [0.3, 0.4) is 0 Å². The van der Waals surface area contributed by atoms with Crippen molar-refractivity contribution in [2.75, 3.05) is 24.5 Å². The monoisotopic (exact) mass is 317 g/mol. The van der Waals surface area contributed by atoms with Crippen LogP contribution >= 0.6 is 0 Å². The van der Waals surface area contributed by atoms with Crippen LogP contribution in [-0.2, 0) is 11.3 Å². The van der Waals surface area contributed by atoms with Crippen LogP contribution in [0.4, 0.5) is 14.9 Å². The zero-order valence-corrected chi connectivity index (χ0v) is 12.4. The molecule has 0 radical (unpaired) electrons. The Labute approximate surface area is 132 Å². The summed E-state index contributed by atoms with van der Waals surface area (Å²) in [7, 11) is 0. The smallest absolute Gasteiger partial charge is 0.325 e. The molecule has 2 aromatic rings. The Morgan fingerprint density at radius 2 is 2.04 bits per heavy atom. The molecule has 1 aromatic carbocycles. The number of furan rings is 1. The highest BCUT2D eigenvalue weighted by Crippen LogP contribution is 2.23. The van der Waals surface area contributed by atoms with Gasteiger partial charge in [0.25, 0.3) is 0 Å². The maximum Gasteiger partial charge on any atom is 0.325 e. The van der Waals surface area contributed by atoms with E-state index < -0.39 is 5.82 Å². The second kappa shape index (κ2) is 6.51. The third kappa shape index (κ3) is 3.33. The Morgan fingerprint density at radius 3 is 2.78 bits per heavy atom. The molecule has 7 heteroatoms. The number of nitrogens with one attached hydrogen (secondary N) is 1. The number of hydrogen-bond donors (Lipinski definition) is 1. The molecule has 3 amide bonds. The van der Waals surface area contributed by atoms with Gasteiger partial charge >= 0.3 is 6.03 Å². The van der Waals surface area contributed by atoms with Gasteiger partial charge in [0.2, 0.25) is 5.91 Å². The van der Waals surface area contributed by atoms with Gasteiger partial charge in [-0.3, -0.25) is 9.69 Å². The molecule has 1 aromatic heterocycles. The number of amides is 3. The topological polar surface area (TPSA) is 65.8 Å². The van der Waals surface area contributed by atoms with E-state index in [1.165, 1.54) is 22.1 Å². The van der Waals surface area contributed by atoms with Crippen LogP contribution in [0.1, 0.15) is 5.76 Å².